The third kappa shape index (κ3) is 3.65. The minimum absolute atomic E-state index is 0. The van der Waals surface area contributed by atoms with Crippen molar-refractivity contribution in [3.8, 4) is 5.75 Å². The van der Waals surface area contributed by atoms with E-state index in [4.69, 9.17) is 4.74 Å². The molecule has 0 aliphatic heterocycles. The third-order valence-corrected chi connectivity index (χ3v) is 1.23. The van der Waals surface area contributed by atoms with Crippen molar-refractivity contribution in [3.63, 3.8) is 0 Å². The van der Waals surface area contributed by atoms with E-state index >= 15 is 0 Å². The lowest BCUT2D eigenvalue weighted by atomic mass is 9.96. The predicted octanol–water partition coefficient (Wildman–Crippen LogP) is -1.70. The molecule has 0 heterocycles. The predicted molar refractivity (Wildman–Crippen MR) is 48.4 cm³/mol. The molecular weight excluding hydrogens is 143 g/mol. The van der Waals surface area contributed by atoms with Gasteiger partial charge in [0.05, 0.1) is 7.11 Å². The molecule has 0 atom stereocenters. The number of methoxy groups -OCH3 is 1. The smallest absolute Gasteiger partial charge is 0.139 e. The van der Waals surface area contributed by atoms with Gasteiger partial charge in [-0.3, -0.25) is 0 Å². The van der Waals surface area contributed by atoms with Crippen LogP contribution in [0.3, 0.4) is 0 Å². The van der Waals surface area contributed by atoms with Crippen LogP contribution in [0.15, 0.2) is 24.3 Å². The highest BCUT2D eigenvalue weighted by atomic mass is 16.5. The van der Waals surface area contributed by atoms with Crippen molar-refractivity contribution in [2.75, 3.05) is 7.11 Å². The maximum atomic E-state index is 5.00. The van der Waals surface area contributed by atoms with Crippen LogP contribution in [0.2, 0.25) is 0 Å². The van der Waals surface area contributed by atoms with Crippen molar-refractivity contribution in [1.29, 1.82) is 0 Å². The van der Waals surface area contributed by atoms with Gasteiger partial charge in [-0.1, -0.05) is 17.6 Å². The lowest BCUT2D eigenvalue weighted by Crippen LogP contribution is -2.00. The van der Waals surface area contributed by atoms with Crippen LogP contribution in [0.1, 0.15) is 0 Å². The Morgan fingerprint density at radius 1 is 1.27 bits per heavy atom. The molecule has 1 aromatic carbocycles. The number of ether oxygens (including phenoxy) is 1. The highest BCUT2D eigenvalue weighted by Crippen LogP contribution is 2.03. The summed E-state index contributed by atoms with van der Waals surface area (Å²) in [5.74, 6) is 0.926. The summed E-state index contributed by atoms with van der Waals surface area (Å²) in [6, 6.07) is 7.96. The van der Waals surface area contributed by atoms with Gasteiger partial charge in [-0.15, -0.1) is 0 Å². The van der Waals surface area contributed by atoms with E-state index in [0.717, 1.165) is 5.75 Å². The molecule has 0 saturated carbocycles. The van der Waals surface area contributed by atoms with Gasteiger partial charge < -0.3 is 15.7 Å². The summed E-state index contributed by atoms with van der Waals surface area (Å²) in [6.07, 6.45) is 0. The molecule has 4 heteroatoms. The van der Waals surface area contributed by atoms with Crippen LogP contribution in [0.25, 0.3) is 0 Å². The molecule has 0 aliphatic rings. The van der Waals surface area contributed by atoms with E-state index in [1.54, 1.807) is 7.11 Å². The molecule has 0 unspecified atom stereocenters. The third-order valence-electron chi connectivity index (χ3n) is 1.23. The van der Waals surface area contributed by atoms with E-state index in [-0.39, 0.29) is 11.0 Å². The van der Waals surface area contributed by atoms with Crippen LogP contribution in [0.4, 0.5) is 0 Å². The van der Waals surface area contributed by atoms with Gasteiger partial charge in [-0.25, -0.2) is 0 Å². The molecule has 11 heavy (non-hydrogen) atoms. The van der Waals surface area contributed by atoms with Gasteiger partial charge >= 0.3 is 0 Å². The van der Waals surface area contributed by atoms with Gasteiger partial charge in [0, 0.05) is 0 Å². The van der Waals surface area contributed by atoms with Gasteiger partial charge in [0.15, 0.2) is 0 Å². The molecule has 1 aromatic rings. The zero-order valence-corrected chi connectivity index (χ0v) is 6.72. The molecule has 0 amide bonds. The molecule has 1 rings (SSSR count). The summed E-state index contributed by atoms with van der Waals surface area (Å²) >= 11 is 0. The fraction of sp³-hybridized carbons (Fsp3) is 0.143. The molecular formula is C7H13BO3. The minimum Gasteiger partial charge on any atom is -0.497 e. The van der Waals surface area contributed by atoms with Crippen LogP contribution in [-0.2, 0) is 0 Å². The molecule has 0 aliphatic carbocycles. The molecule has 0 spiro atoms. The van der Waals surface area contributed by atoms with Crippen LogP contribution < -0.4 is 10.2 Å². The monoisotopic (exact) mass is 156 g/mol. The minimum atomic E-state index is 0. The number of rotatable bonds is 1. The molecule has 62 valence electrons. The summed E-state index contributed by atoms with van der Waals surface area (Å²) in [5, 5.41) is 0. The first kappa shape index (κ1) is 12.7. The number of hydrogen-bond acceptors (Lipinski definition) is 1. The van der Waals surface area contributed by atoms with E-state index in [2.05, 4.69) is 0 Å². The van der Waals surface area contributed by atoms with Gasteiger partial charge in [0.2, 0.25) is 0 Å². The molecule has 0 bridgehead atoms. The maximum absolute atomic E-state index is 5.00. The van der Waals surface area contributed by atoms with E-state index < -0.39 is 0 Å². The zero-order chi connectivity index (χ0) is 6.69. The number of benzene rings is 1. The largest absolute Gasteiger partial charge is 0.497 e. The normalized spacial score (nSPS) is 7.36. The van der Waals surface area contributed by atoms with Crippen LogP contribution >= 0.6 is 0 Å². The van der Waals surface area contributed by atoms with Crippen LogP contribution in [0.5, 0.6) is 5.75 Å². The van der Waals surface area contributed by atoms with Crippen molar-refractivity contribution >= 4 is 13.3 Å². The van der Waals surface area contributed by atoms with Crippen molar-refractivity contribution in [2.24, 2.45) is 0 Å². The summed E-state index contributed by atoms with van der Waals surface area (Å²) in [5.41, 5.74) is 1.23. The van der Waals surface area contributed by atoms with E-state index in [0.29, 0.717) is 0 Å². The Balaban J connectivity index is 0. The van der Waals surface area contributed by atoms with Gasteiger partial charge in [0.1, 0.15) is 13.6 Å². The van der Waals surface area contributed by atoms with Crippen molar-refractivity contribution in [2.45, 2.75) is 0 Å². The maximum Gasteiger partial charge on any atom is 0.139 e. The zero-order valence-electron chi connectivity index (χ0n) is 6.72. The molecule has 3 nitrogen and oxygen atoms in total. The van der Waals surface area contributed by atoms with Gasteiger partial charge in [0.25, 0.3) is 0 Å². The highest BCUT2D eigenvalue weighted by molar-refractivity contribution is 6.32. The summed E-state index contributed by atoms with van der Waals surface area (Å²) < 4.78 is 5.00. The standard InChI is InChI=1S/C7H9BO.2H2O/c1-9-7-4-2-3-6(8)5-7;;/h2-5H,8H2,1H3;2*1H2. The van der Waals surface area contributed by atoms with Crippen molar-refractivity contribution in [3.05, 3.63) is 24.3 Å². The average Bonchev–Trinajstić information content (AvgIpc) is 1.88. The van der Waals surface area contributed by atoms with Gasteiger partial charge in [-0.05, 0) is 12.1 Å². The summed E-state index contributed by atoms with van der Waals surface area (Å²) in [6.45, 7) is 0. The van der Waals surface area contributed by atoms with Crippen LogP contribution in [0, 0.1) is 0 Å². The fourth-order valence-corrected chi connectivity index (χ4v) is 0.742. The Morgan fingerprint density at radius 3 is 2.27 bits per heavy atom. The lowest BCUT2D eigenvalue weighted by Gasteiger charge is -1.97. The molecule has 0 saturated heterocycles. The highest BCUT2D eigenvalue weighted by Gasteiger charge is 1.86. The Kier molecular flexibility index (Phi) is 6.63. The van der Waals surface area contributed by atoms with E-state index in [9.17, 15) is 0 Å². The topological polar surface area (TPSA) is 72.2 Å². The summed E-state index contributed by atoms with van der Waals surface area (Å²) in [7, 11) is 3.72. The van der Waals surface area contributed by atoms with Crippen molar-refractivity contribution < 1.29 is 15.7 Å². The first-order valence-electron chi connectivity index (χ1n) is 2.93. The molecule has 0 radical (unpaired) electrons. The van der Waals surface area contributed by atoms with E-state index in [1.165, 1.54) is 5.46 Å². The van der Waals surface area contributed by atoms with Crippen molar-refractivity contribution in [1.82, 2.24) is 0 Å². The quantitative estimate of drug-likeness (QED) is 0.447. The Bertz CT molecular complexity index is 203. The van der Waals surface area contributed by atoms with E-state index in [1.807, 2.05) is 32.1 Å². The number of hydrogen-bond donors (Lipinski definition) is 0. The Labute approximate surface area is 67.0 Å². The first-order chi connectivity index (χ1) is 4.33. The summed E-state index contributed by atoms with van der Waals surface area (Å²) in [4.78, 5) is 0. The first-order valence-corrected chi connectivity index (χ1v) is 2.93. The SMILES string of the molecule is Bc1cccc(OC)c1.O.O. The Hall–Kier alpha value is -0.995. The second kappa shape index (κ2) is 5.76. The lowest BCUT2D eigenvalue weighted by molar-refractivity contribution is 0.415. The fourth-order valence-electron chi connectivity index (χ4n) is 0.742. The Morgan fingerprint density at radius 2 is 1.91 bits per heavy atom. The second-order valence-electron chi connectivity index (χ2n) is 2.02. The molecule has 0 aromatic heterocycles. The van der Waals surface area contributed by atoms with Crippen LogP contribution in [-0.4, -0.2) is 25.9 Å². The van der Waals surface area contributed by atoms with Gasteiger partial charge in [-0.2, -0.15) is 0 Å². The molecule has 4 N–H and O–H groups in total. The molecule has 0 fully saturated rings. The second-order valence-corrected chi connectivity index (χ2v) is 2.02. The average molecular weight is 156 g/mol.